The number of rotatable bonds is 8. The van der Waals surface area contributed by atoms with E-state index in [1.165, 1.54) is 0 Å². The topological polar surface area (TPSA) is 79.2 Å². The molecule has 146 valence electrons. The summed E-state index contributed by atoms with van der Waals surface area (Å²) in [5.74, 6) is -1.06. The van der Waals surface area contributed by atoms with E-state index >= 15 is 0 Å². The van der Waals surface area contributed by atoms with Crippen LogP contribution in [-0.2, 0) is 20.9 Å². The van der Waals surface area contributed by atoms with Crippen LogP contribution in [0.5, 0.6) is 0 Å². The molecule has 0 aliphatic heterocycles. The zero-order valence-corrected chi connectivity index (χ0v) is 16.6. The maximum Gasteiger partial charge on any atom is 0.333 e. The van der Waals surface area contributed by atoms with Gasteiger partial charge in [0.15, 0.2) is 0 Å². The van der Waals surface area contributed by atoms with E-state index in [9.17, 15) is 14.9 Å². The first-order valence-electron chi connectivity index (χ1n) is 9.52. The highest BCUT2D eigenvalue weighted by atomic mass is 16.6. The van der Waals surface area contributed by atoms with Crippen molar-refractivity contribution in [3.8, 4) is 17.2 Å². The van der Waals surface area contributed by atoms with Crippen LogP contribution in [0.1, 0.15) is 51.2 Å². The van der Waals surface area contributed by atoms with Crippen molar-refractivity contribution >= 4 is 11.9 Å². The molecule has 2 aromatic rings. The predicted octanol–water partition coefficient (Wildman–Crippen LogP) is 4.35. The third-order valence-electron chi connectivity index (χ3n) is 4.69. The quantitative estimate of drug-likeness (QED) is 0.545. The van der Waals surface area contributed by atoms with Crippen LogP contribution in [0.15, 0.2) is 48.5 Å². The summed E-state index contributed by atoms with van der Waals surface area (Å²) in [7, 11) is 0. The number of hydrogen-bond donors (Lipinski definition) is 1. The molecule has 1 atom stereocenters. The first-order chi connectivity index (χ1) is 13.4. The molecule has 0 saturated carbocycles. The highest BCUT2D eigenvalue weighted by Crippen LogP contribution is 2.24. The summed E-state index contributed by atoms with van der Waals surface area (Å²) >= 11 is 0. The van der Waals surface area contributed by atoms with Gasteiger partial charge in [0.25, 0.3) is 0 Å². The van der Waals surface area contributed by atoms with Crippen molar-refractivity contribution in [3.05, 3.63) is 59.7 Å². The first-order valence-corrected chi connectivity index (χ1v) is 9.52. The van der Waals surface area contributed by atoms with Crippen LogP contribution >= 0.6 is 0 Å². The maximum atomic E-state index is 12.4. The van der Waals surface area contributed by atoms with Crippen molar-refractivity contribution in [2.45, 2.75) is 52.1 Å². The van der Waals surface area contributed by atoms with Crippen LogP contribution in [0.2, 0.25) is 0 Å². The molecule has 28 heavy (non-hydrogen) atoms. The number of carbonyl (C=O) groups excluding carboxylic acids is 2. The molecule has 2 rings (SSSR count). The number of carbonyl (C=O) groups is 2. The molecule has 0 fully saturated rings. The third-order valence-corrected chi connectivity index (χ3v) is 4.69. The van der Waals surface area contributed by atoms with E-state index < -0.39 is 17.5 Å². The largest absolute Gasteiger partial charge is 0.392 e. The van der Waals surface area contributed by atoms with Crippen molar-refractivity contribution in [1.29, 1.82) is 5.26 Å². The number of esters is 2. The lowest BCUT2D eigenvalue weighted by Gasteiger charge is -2.28. The van der Waals surface area contributed by atoms with Gasteiger partial charge >= 0.3 is 11.9 Å². The van der Waals surface area contributed by atoms with Crippen LogP contribution in [-0.4, -0.2) is 17.5 Å². The lowest BCUT2D eigenvalue weighted by molar-refractivity contribution is -0.164. The van der Waals surface area contributed by atoms with Crippen LogP contribution < -0.4 is 5.32 Å². The standard InChI is InChI=1S/C23H26N2O3/c1-4-14-23(3,22(27)28-21(26)5-2)25-16-17-10-12-18(13-11-17)20-9-7-6-8-19(20)15-24/h6-13,25H,4-5,14,16H2,1-3H3. The Bertz CT molecular complexity index is 868. The molecule has 1 unspecified atom stereocenters. The number of nitriles is 1. The molecular weight excluding hydrogens is 352 g/mol. The fourth-order valence-electron chi connectivity index (χ4n) is 2.98. The lowest BCUT2D eigenvalue weighted by Crippen LogP contribution is -2.50. The predicted molar refractivity (Wildman–Crippen MR) is 108 cm³/mol. The van der Waals surface area contributed by atoms with E-state index in [-0.39, 0.29) is 6.42 Å². The van der Waals surface area contributed by atoms with Crippen LogP contribution in [0.3, 0.4) is 0 Å². The van der Waals surface area contributed by atoms with E-state index in [2.05, 4.69) is 11.4 Å². The molecule has 1 N–H and O–H groups in total. The Morgan fingerprint density at radius 3 is 2.39 bits per heavy atom. The second-order valence-corrected chi connectivity index (χ2v) is 6.91. The Morgan fingerprint density at radius 1 is 1.11 bits per heavy atom. The summed E-state index contributed by atoms with van der Waals surface area (Å²) in [6.45, 7) is 5.87. The summed E-state index contributed by atoms with van der Waals surface area (Å²) in [5, 5.41) is 12.5. The molecule has 0 aliphatic carbocycles. The Morgan fingerprint density at radius 2 is 1.79 bits per heavy atom. The molecule has 0 heterocycles. The van der Waals surface area contributed by atoms with Crippen molar-refractivity contribution in [1.82, 2.24) is 5.32 Å². The molecule has 0 aromatic heterocycles. The Labute approximate surface area is 166 Å². The molecular formula is C23H26N2O3. The summed E-state index contributed by atoms with van der Waals surface area (Å²) in [5.41, 5.74) is 2.56. The van der Waals surface area contributed by atoms with Gasteiger partial charge in [0, 0.05) is 13.0 Å². The summed E-state index contributed by atoms with van der Waals surface area (Å²) < 4.78 is 4.94. The van der Waals surface area contributed by atoms with Crippen LogP contribution in [0.25, 0.3) is 11.1 Å². The molecule has 5 heteroatoms. The van der Waals surface area contributed by atoms with E-state index in [4.69, 9.17) is 4.74 Å². The van der Waals surface area contributed by atoms with Gasteiger partial charge in [-0.2, -0.15) is 5.26 Å². The van der Waals surface area contributed by atoms with Gasteiger partial charge in [-0.05, 0) is 36.1 Å². The Balaban J connectivity index is 2.11. The van der Waals surface area contributed by atoms with Crippen molar-refractivity contribution in [3.63, 3.8) is 0 Å². The van der Waals surface area contributed by atoms with Gasteiger partial charge in [-0.25, -0.2) is 4.79 Å². The summed E-state index contributed by atoms with van der Waals surface area (Å²) in [4.78, 5) is 23.9. The van der Waals surface area contributed by atoms with E-state index in [1.54, 1.807) is 19.9 Å². The third kappa shape index (κ3) is 5.28. The smallest absolute Gasteiger partial charge is 0.333 e. The maximum absolute atomic E-state index is 12.4. The van der Waals surface area contributed by atoms with E-state index in [1.807, 2.05) is 49.4 Å². The van der Waals surface area contributed by atoms with Gasteiger partial charge in [0.1, 0.15) is 5.54 Å². The number of nitrogens with zero attached hydrogens (tertiary/aromatic N) is 1. The Hall–Kier alpha value is -2.97. The summed E-state index contributed by atoms with van der Waals surface area (Å²) in [6, 6.07) is 17.5. The molecule has 0 spiro atoms. The van der Waals surface area contributed by atoms with Gasteiger partial charge in [-0.1, -0.05) is 62.7 Å². The highest BCUT2D eigenvalue weighted by Gasteiger charge is 2.34. The monoisotopic (exact) mass is 378 g/mol. The fraction of sp³-hybridized carbons (Fsp3) is 0.348. The number of nitrogens with one attached hydrogen (secondary N) is 1. The second kappa shape index (κ2) is 9.82. The van der Waals surface area contributed by atoms with Crippen molar-refractivity contribution in [2.24, 2.45) is 0 Å². The number of benzene rings is 2. The van der Waals surface area contributed by atoms with E-state index in [0.29, 0.717) is 18.5 Å². The van der Waals surface area contributed by atoms with Crippen LogP contribution in [0, 0.1) is 11.3 Å². The molecule has 5 nitrogen and oxygen atoms in total. The molecule has 0 radical (unpaired) electrons. The SMILES string of the molecule is CCCC(C)(NCc1ccc(-c2ccccc2C#N)cc1)C(=O)OC(=O)CC. The van der Waals surface area contributed by atoms with Gasteiger partial charge in [-0.15, -0.1) is 0 Å². The van der Waals surface area contributed by atoms with Gasteiger partial charge in [0.05, 0.1) is 11.6 Å². The average molecular weight is 378 g/mol. The molecule has 0 saturated heterocycles. The van der Waals surface area contributed by atoms with Crippen LogP contribution in [0.4, 0.5) is 0 Å². The molecule has 0 bridgehead atoms. The minimum absolute atomic E-state index is 0.166. The number of hydrogen-bond acceptors (Lipinski definition) is 5. The lowest BCUT2D eigenvalue weighted by atomic mass is 9.95. The minimum atomic E-state index is -0.925. The Kier molecular flexibility index (Phi) is 7.48. The average Bonchev–Trinajstić information content (AvgIpc) is 2.72. The van der Waals surface area contributed by atoms with Gasteiger partial charge < -0.3 is 4.74 Å². The minimum Gasteiger partial charge on any atom is -0.392 e. The van der Waals surface area contributed by atoms with Gasteiger partial charge in [-0.3, -0.25) is 10.1 Å². The molecule has 0 amide bonds. The highest BCUT2D eigenvalue weighted by molar-refractivity contribution is 5.90. The zero-order chi connectivity index (χ0) is 20.6. The van der Waals surface area contributed by atoms with Gasteiger partial charge in [0.2, 0.25) is 0 Å². The molecule has 2 aromatic carbocycles. The van der Waals surface area contributed by atoms with Crippen molar-refractivity contribution in [2.75, 3.05) is 0 Å². The summed E-state index contributed by atoms with van der Waals surface area (Å²) in [6.07, 6.45) is 1.51. The fourth-order valence-corrected chi connectivity index (χ4v) is 2.98. The van der Waals surface area contributed by atoms with E-state index in [0.717, 1.165) is 23.1 Å². The normalized spacial score (nSPS) is 12.6. The number of ether oxygens (including phenoxy) is 1. The second-order valence-electron chi connectivity index (χ2n) is 6.91. The first kappa shape index (κ1) is 21.3. The van der Waals surface area contributed by atoms with Crippen molar-refractivity contribution < 1.29 is 14.3 Å². The zero-order valence-electron chi connectivity index (χ0n) is 16.6. The molecule has 0 aliphatic rings.